The van der Waals surface area contributed by atoms with Crippen LogP contribution in [0, 0.1) is 13.8 Å². The summed E-state index contributed by atoms with van der Waals surface area (Å²) in [7, 11) is 0. The molecule has 0 bridgehead atoms. The number of hydrogen-bond acceptors (Lipinski definition) is 3. The summed E-state index contributed by atoms with van der Waals surface area (Å²) in [6.45, 7) is 8.33. The van der Waals surface area contributed by atoms with Crippen molar-refractivity contribution in [2.24, 2.45) is 0 Å². The Balaban J connectivity index is 1.74. The predicted molar refractivity (Wildman–Crippen MR) is 103 cm³/mol. The number of carbonyl (C=O) groups excluding carboxylic acids is 1. The number of benzene rings is 2. The Morgan fingerprint density at radius 1 is 1.15 bits per heavy atom. The van der Waals surface area contributed by atoms with Gasteiger partial charge in [-0.2, -0.15) is 0 Å². The van der Waals surface area contributed by atoms with Crippen LogP contribution in [0.3, 0.4) is 0 Å². The van der Waals surface area contributed by atoms with Gasteiger partial charge in [0.2, 0.25) is 5.91 Å². The van der Waals surface area contributed by atoms with Gasteiger partial charge in [0.25, 0.3) is 0 Å². The third kappa shape index (κ3) is 4.07. The Bertz CT molecular complexity index is 826. The number of nitrogens with zero attached hydrogens (tertiary/aromatic N) is 1. The fraction of sp³-hybridized carbons (Fsp3) is 0.318. The summed E-state index contributed by atoms with van der Waals surface area (Å²) < 4.78 is 11.4. The summed E-state index contributed by atoms with van der Waals surface area (Å²) in [6.07, 6.45) is 3.54. The van der Waals surface area contributed by atoms with Gasteiger partial charge in [0.05, 0.1) is 0 Å². The van der Waals surface area contributed by atoms with E-state index in [1.165, 1.54) is 11.1 Å². The number of ether oxygens (including phenoxy) is 2. The lowest BCUT2D eigenvalue weighted by atomic mass is 10.1. The first-order valence-electron chi connectivity index (χ1n) is 9.00. The highest BCUT2D eigenvalue weighted by Crippen LogP contribution is 2.34. The summed E-state index contributed by atoms with van der Waals surface area (Å²) in [5.41, 5.74) is 4.42. The topological polar surface area (TPSA) is 38.8 Å². The SMILES string of the molecule is CCN(Cc1cccc2c1OCCO2)C(=O)/C=C/c1ccc(C)cc1C. The van der Waals surface area contributed by atoms with Crippen molar-refractivity contribution in [3.63, 3.8) is 0 Å². The van der Waals surface area contributed by atoms with Crippen molar-refractivity contribution >= 4 is 12.0 Å². The molecule has 0 aromatic heterocycles. The second-order valence-corrected chi connectivity index (χ2v) is 6.49. The van der Waals surface area contributed by atoms with Crippen molar-refractivity contribution in [3.05, 3.63) is 64.7 Å². The molecule has 0 saturated heterocycles. The lowest BCUT2D eigenvalue weighted by Gasteiger charge is -2.24. The van der Waals surface area contributed by atoms with Crippen molar-refractivity contribution in [3.8, 4) is 11.5 Å². The molecule has 1 amide bonds. The molecule has 4 nitrogen and oxygen atoms in total. The van der Waals surface area contributed by atoms with Crippen LogP contribution in [0.25, 0.3) is 6.08 Å². The molecular formula is C22H25NO3. The fourth-order valence-electron chi connectivity index (χ4n) is 3.09. The zero-order chi connectivity index (χ0) is 18.5. The van der Waals surface area contributed by atoms with E-state index in [0.29, 0.717) is 26.3 Å². The number of rotatable bonds is 5. The molecular weight excluding hydrogens is 326 g/mol. The van der Waals surface area contributed by atoms with Crippen LogP contribution in [0.5, 0.6) is 11.5 Å². The van der Waals surface area contributed by atoms with E-state index in [0.717, 1.165) is 22.6 Å². The maximum absolute atomic E-state index is 12.7. The molecule has 0 N–H and O–H groups in total. The Kier molecular flexibility index (Phi) is 5.61. The number of amides is 1. The monoisotopic (exact) mass is 351 g/mol. The zero-order valence-electron chi connectivity index (χ0n) is 15.6. The number of likely N-dealkylation sites (N-methyl/N-ethyl adjacent to an activating group) is 1. The predicted octanol–water partition coefficient (Wildman–Crippen LogP) is 4.14. The van der Waals surface area contributed by atoms with Crippen LogP contribution in [0.4, 0.5) is 0 Å². The maximum Gasteiger partial charge on any atom is 0.246 e. The van der Waals surface area contributed by atoms with E-state index in [2.05, 4.69) is 26.0 Å². The van der Waals surface area contributed by atoms with Crippen molar-refractivity contribution in [2.75, 3.05) is 19.8 Å². The molecule has 0 fully saturated rings. The standard InChI is InChI=1S/C22H25NO3/c1-4-23(15-19-6-5-7-20-22(19)26-13-12-25-20)21(24)11-10-18-9-8-16(2)14-17(18)3/h5-11,14H,4,12-13,15H2,1-3H3/b11-10+. The molecule has 1 aliphatic rings. The van der Waals surface area contributed by atoms with Crippen LogP contribution in [-0.4, -0.2) is 30.6 Å². The van der Waals surface area contributed by atoms with E-state index in [1.807, 2.05) is 37.3 Å². The van der Waals surface area contributed by atoms with Crippen molar-refractivity contribution < 1.29 is 14.3 Å². The molecule has 0 spiro atoms. The summed E-state index contributed by atoms with van der Waals surface area (Å²) >= 11 is 0. The van der Waals surface area contributed by atoms with Crippen LogP contribution in [0.15, 0.2) is 42.5 Å². The van der Waals surface area contributed by atoms with Gasteiger partial charge in [-0.1, -0.05) is 35.9 Å². The number of para-hydroxylation sites is 1. The number of hydrogen-bond donors (Lipinski definition) is 0. The van der Waals surface area contributed by atoms with Crippen molar-refractivity contribution in [1.82, 2.24) is 4.90 Å². The molecule has 0 radical (unpaired) electrons. The fourth-order valence-corrected chi connectivity index (χ4v) is 3.09. The first kappa shape index (κ1) is 18.1. The van der Waals surface area contributed by atoms with Gasteiger partial charge in [-0.05, 0) is 44.0 Å². The minimum atomic E-state index is -0.0122. The largest absolute Gasteiger partial charge is 0.486 e. The zero-order valence-corrected chi connectivity index (χ0v) is 15.6. The molecule has 0 aliphatic carbocycles. The molecule has 4 heteroatoms. The lowest BCUT2D eigenvalue weighted by Crippen LogP contribution is -2.29. The molecule has 0 unspecified atom stereocenters. The highest BCUT2D eigenvalue weighted by Gasteiger charge is 2.18. The van der Waals surface area contributed by atoms with Crippen molar-refractivity contribution in [1.29, 1.82) is 0 Å². The van der Waals surface area contributed by atoms with Gasteiger partial charge in [-0.15, -0.1) is 0 Å². The smallest absolute Gasteiger partial charge is 0.246 e. The summed E-state index contributed by atoms with van der Waals surface area (Å²) in [6, 6.07) is 12.0. The molecule has 136 valence electrons. The minimum Gasteiger partial charge on any atom is -0.486 e. The number of fused-ring (bicyclic) bond motifs is 1. The summed E-state index contributed by atoms with van der Waals surface area (Å²) in [4.78, 5) is 14.5. The highest BCUT2D eigenvalue weighted by molar-refractivity contribution is 5.92. The Hall–Kier alpha value is -2.75. The van der Waals surface area contributed by atoms with Crippen LogP contribution in [0.2, 0.25) is 0 Å². The second-order valence-electron chi connectivity index (χ2n) is 6.49. The van der Waals surface area contributed by atoms with Crippen LogP contribution < -0.4 is 9.47 Å². The van der Waals surface area contributed by atoms with Gasteiger partial charge < -0.3 is 14.4 Å². The Labute approximate surface area is 155 Å². The van der Waals surface area contributed by atoms with Gasteiger partial charge in [0, 0.05) is 24.7 Å². The van der Waals surface area contributed by atoms with Crippen molar-refractivity contribution in [2.45, 2.75) is 27.3 Å². The second kappa shape index (κ2) is 8.09. The quantitative estimate of drug-likeness (QED) is 0.760. The third-order valence-corrected chi connectivity index (χ3v) is 4.53. The average molecular weight is 351 g/mol. The minimum absolute atomic E-state index is 0.0122. The molecule has 0 saturated carbocycles. The van der Waals surface area contributed by atoms with Gasteiger partial charge >= 0.3 is 0 Å². The normalized spacial score (nSPS) is 13.0. The molecule has 2 aromatic carbocycles. The van der Waals surface area contributed by atoms with Gasteiger partial charge in [-0.25, -0.2) is 0 Å². The first-order chi connectivity index (χ1) is 12.6. The summed E-state index contributed by atoms with van der Waals surface area (Å²) in [5.74, 6) is 1.49. The average Bonchev–Trinajstić information content (AvgIpc) is 2.65. The number of carbonyl (C=O) groups is 1. The van der Waals surface area contributed by atoms with Crippen LogP contribution in [0.1, 0.15) is 29.2 Å². The molecule has 2 aromatic rings. The maximum atomic E-state index is 12.7. The molecule has 0 atom stereocenters. The van der Waals surface area contributed by atoms with E-state index < -0.39 is 0 Å². The van der Waals surface area contributed by atoms with Crippen LogP contribution in [-0.2, 0) is 11.3 Å². The van der Waals surface area contributed by atoms with Gasteiger partial charge in [0.1, 0.15) is 13.2 Å². The van der Waals surface area contributed by atoms with E-state index in [9.17, 15) is 4.79 Å². The van der Waals surface area contributed by atoms with E-state index in [4.69, 9.17) is 9.47 Å². The first-order valence-corrected chi connectivity index (χ1v) is 9.00. The molecule has 1 heterocycles. The number of aryl methyl sites for hydroxylation is 2. The summed E-state index contributed by atoms with van der Waals surface area (Å²) in [5, 5.41) is 0. The van der Waals surface area contributed by atoms with E-state index in [1.54, 1.807) is 11.0 Å². The van der Waals surface area contributed by atoms with E-state index in [-0.39, 0.29) is 5.91 Å². The van der Waals surface area contributed by atoms with E-state index >= 15 is 0 Å². The lowest BCUT2D eigenvalue weighted by molar-refractivity contribution is -0.126. The Morgan fingerprint density at radius 2 is 1.96 bits per heavy atom. The highest BCUT2D eigenvalue weighted by atomic mass is 16.6. The van der Waals surface area contributed by atoms with Crippen LogP contribution >= 0.6 is 0 Å². The molecule has 1 aliphatic heterocycles. The van der Waals surface area contributed by atoms with Gasteiger partial charge in [-0.3, -0.25) is 4.79 Å². The molecule has 26 heavy (non-hydrogen) atoms. The molecule has 3 rings (SSSR count). The third-order valence-electron chi connectivity index (χ3n) is 4.53. The Morgan fingerprint density at radius 3 is 2.73 bits per heavy atom. The van der Waals surface area contributed by atoms with Gasteiger partial charge in [0.15, 0.2) is 11.5 Å².